The Morgan fingerprint density at radius 1 is 1.12 bits per heavy atom. The van der Waals surface area contributed by atoms with Gasteiger partial charge in [0.1, 0.15) is 6.04 Å². The molecule has 0 fully saturated rings. The van der Waals surface area contributed by atoms with Gasteiger partial charge in [0.25, 0.3) is 5.91 Å². The van der Waals surface area contributed by atoms with Crippen LogP contribution in [0.3, 0.4) is 0 Å². The molecule has 8 heteroatoms. The van der Waals surface area contributed by atoms with Crippen molar-refractivity contribution in [3.05, 3.63) is 29.8 Å². The highest BCUT2D eigenvalue weighted by Gasteiger charge is 2.25. The summed E-state index contributed by atoms with van der Waals surface area (Å²) in [5.74, 6) is -1.93. The van der Waals surface area contributed by atoms with Gasteiger partial charge >= 0.3 is 5.97 Å². The molecule has 7 nitrogen and oxygen atoms in total. The number of benzene rings is 1. The molecule has 0 aliphatic heterocycles. The molecule has 1 unspecified atom stereocenters. The minimum absolute atomic E-state index is 0.0985. The van der Waals surface area contributed by atoms with E-state index in [9.17, 15) is 18.0 Å². The van der Waals surface area contributed by atoms with Crippen LogP contribution in [0.4, 0.5) is 0 Å². The van der Waals surface area contributed by atoms with Crippen molar-refractivity contribution in [3.63, 3.8) is 0 Å². The van der Waals surface area contributed by atoms with Gasteiger partial charge in [-0.05, 0) is 30.2 Å². The molecule has 1 aromatic carbocycles. The van der Waals surface area contributed by atoms with Gasteiger partial charge in [0.05, 0.1) is 4.90 Å². The molecular formula is C16H24N2O5S. The molecule has 1 aromatic rings. The molecule has 0 aromatic heterocycles. The third kappa shape index (κ3) is 4.55. The van der Waals surface area contributed by atoms with Crippen LogP contribution in [-0.2, 0) is 14.8 Å². The van der Waals surface area contributed by atoms with E-state index >= 15 is 0 Å². The first-order valence-corrected chi connectivity index (χ1v) is 9.23. The predicted molar refractivity (Wildman–Crippen MR) is 90.3 cm³/mol. The minimum Gasteiger partial charge on any atom is -0.480 e. The number of carbonyl (C=O) groups is 2. The molecule has 2 N–H and O–H groups in total. The second kappa shape index (κ2) is 8.25. The molecule has 0 radical (unpaired) electrons. The van der Waals surface area contributed by atoms with E-state index in [1.807, 2.05) is 0 Å². The Hall–Kier alpha value is -1.93. The van der Waals surface area contributed by atoms with Crippen LogP contribution in [0.2, 0.25) is 0 Å². The summed E-state index contributed by atoms with van der Waals surface area (Å²) in [7, 11) is -3.59. The molecule has 0 saturated carbocycles. The van der Waals surface area contributed by atoms with Crippen molar-refractivity contribution in [3.8, 4) is 0 Å². The van der Waals surface area contributed by atoms with E-state index in [2.05, 4.69) is 5.32 Å². The van der Waals surface area contributed by atoms with E-state index in [4.69, 9.17) is 5.11 Å². The summed E-state index contributed by atoms with van der Waals surface area (Å²) in [4.78, 5) is 23.4. The number of rotatable bonds is 8. The molecule has 134 valence electrons. The fourth-order valence-electron chi connectivity index (χ4n) is 2.23. The molecular weight excluding hydrogens is 332 g/mol. The fourth-order valence-corrected chi connectivity index (χ4v) is 3.69. The number of aliphatic carboxylic acids is 1. The normalized spacial score (nSPS) is 13.1. The van der Waals surface area contributed by atoms with Gasteiger partial charge in [-0.25, -0.2) is 13.2 Å². The Bertz CT molecular complexity index is 679. The summed E-state index contributed by atoms with van der Waals surface area (Å²) >= 11 is 0. The second-order valence-corrected chi connectivity index (χ2v) is 7.59. The summed E-state index contributed by atoms with van der Waals surface area (Å²) in [5.41, 5.74) is 0.209. The van der Waals surface area contributed by atoms with Crippen LogP contribution in [0.5, 0.6) is 0 Å². The Morgan fingerprint density at radius 2 is 1.62 bits per heavy atom. The first-order valence-electron chi connectivity index (χ1n) is 7.79. The van der Waals surface area contributed by atoms with Crippen molar-refractivity contribution in [2.75, 3.05) is 13.1 Å². The molecule has 1 rings (SSSR count). The molecule has 0 heterocycles. The molecule has 24 heavy (non-hydrogen) atoms. The van der Waals surface area contributed by atoms with Gasteiger partial charge in [-0.2, -0.15) is 4.31 Å². The lowest BCUT2D eigenvalue weighted by molar-refractivity contribution is -0.140. The molecule has 1 amide bonds. The van der Waals surface area contributed by atoms with Crippen molar-refractivity contribution in [1.82, 2.24) is 9.62 Å². The average Bonchev–Trinajstić information content (AvgIpc) is 2.52. The van der Waals surface area contributed by atoms with Crippen LogP contribution in [0, 0.1) is 5.92 Å². The van der Waals surface area contributed by atoms with E-state index in [0.29, 0.717) is 13.1 Å². The third-order valence-electron chi connectivity index (χ3n) is 3.68. The molecule has 0 spiro atoms. The number of carboxylic acids is 1. The number of hydrogen-bond acceptors (Lipinski definition) is 4. The highest BCUT2D eigenvalue weighted by atomic mass is 32.2. The van der Waals surface area contributed by atoms with Gasteiger partial charge < -0.3 is 10.4 Å². The fraction of sp³-hybridized carbons (Fsp3) is 0.500. The van der Waals surface area contributed by atoms with Crippen LogP contribution in [0.15, 0.2) is 29.2 Å². The lowest BCUT2D eigenvalue weighted by Gasteiger charge is -2.19. The van der Waals surface area contributed by atoms with E-state index in [1.54, 1.807) is 27.7 Å². The van der Waals surface area contributed by atoms with Crippen molar-refractivity contribution in [2.24, 2.45) is 5.92 Å². The van der Waals surface area contributed by atoms with Gasteiger partial charge in [0.15, 0.2) is 0 Å². The number of carboxylic acid groups (broad SMARTS) is 1. The van der Waals surface area contributed by atoms with Crippen LogP contribution in [0.1, 0.15) is 38.1 Å². The standard InChI is InChI=1S/C16H24N2O5S/c1-5-18(6-2)24(22,23)13-9-7-12(8-10-13)15(19)17-14(11(3)4)16(20)21/h7-11,14H,5-6H2,1-4H3,(H,17,19)(H,20,21). The highest BCUT2D eigenvalue weighted by Crippen LogP contribution is 2.16. The second-order valence-electron chi connectivity index (χ2n) is 5.65. The van der Waals surface area contributed by atoms with Gasteiger partial charge in [-0.3, -0.25) is 4.79 Å². The summed E-state index contributed by atoms with van der Waals surface area (Å²) in [6.07, 6.45) is 0. The highest BCUT2D eigenvalue weighted by molar-refractivity contribution is 7.89. The van der Waals surface area contributed by atoms with Crippen molar-refractivity contribution >= 4 is 21.9 Å². The molecule has 0 bridgehead atoms. The summed E-state index contributed by atoms with van der Waals surface area (Å²) in [6.45, 7) is 7.60. The number of amides is 1. The minimum atomic E-state index is -3.59. The quantitative estimate of drug-likeness (QED) is 0.735. The van der Waals surface area contributed by atoms with Crippen LogP contribution < -0.4 is 5.32 Å². The van der Waals surface area contributed by atoms with Gasteiger partial charge in [-0.1, -0.05) is 27.7 Å². The lowest BCUT2D eigenvalue weighted by Crippen LogP contribution is -2.44. The Morgan fingerprint density at radius 3 is 2.00 bits per heavy atom. The number of nitrogens with zero attached hydrogens (tertiary/aromatic N) is 1. The summed E-state index contributed by atoms with van der Waals surface area (Å²) in [5, 5.41) is 11.5. The van der Waals surface area contributed by atoms with Crippen molar-refractivity contribution in [2.45, 2.75) is 38.6 Å². The number of sulfonamides is 1. The maximum Gasteiger partial charge on any atom is 0.326 e. The first kappa shape index (κ1) is 20.1. The molecule has 0 aliphatic carbocycles. The lowest BCUT2D eigenvalue weighted by atomic mass is 10.0. The third-order valence-corrected chi connectivity index (χ3v) is 5.74. The molecule has 0 saturated heterocycles. The van der Waals surface area contributed by atoms with Crippen molar-refractivity contribution < 1.29 is 23.1 Å². The smallest absolute Gasteiger partial charge is 0.326 e. The van der Waals surface area contributed by atoms with Gasteiger partial charge in [-0.15, -0.1) is 0 Å². The molecule has 0 aliphatic rings. The van der Waals surface area contributed by atoms with Crippen LogP contribution >= 0.6 is 0 Å². The van der Waals surface area contributed by atoms with Gasteiger partial charge in [0.2, 0.25) is 10.0 Å². The van der Waals surface area contributed by atoms with Gasteiger partial charge in [0, 0.05) is 18.7 Å². The SMILES string of the molecule is CCN(CC)S(=O)(=O)c1ccc(C(=O)NC(C(=O)O)C(C)C)cc1. The van der Waals surface area contributed by atoms with Crippen molar-refractivity contribution in [1.29, 1.82) is 0 Å². The Kier molecular flexibility index (Phi) is 6.92. The zero-order valence-electron chi connectivity index (χ0n) is 14.3. The Balaban J connectivity index is 2.99. The maximum atomic E-state index is 12.4. The number of hydrogen-bond donors (Lipinski definition) is 2. The Labute approximate surface area is 142 Å². The predicted octanol–water partition coefficient (Wildman–Crippen LogP) is 1.56. The summed E-state index contributed by atoms with van der Waals surface area (Å²) in [6, 6.07) is 4.47. The first-order chi connectivity index (χ1) is 11.1. The maximum absolute atomic E-state index is 12.4. The summed E-state index contributed by atoms with van der Waals surface area (Å²) < 4.78 is 26.1. The van der Waals surface area contributed by atoms with Crippen LogP contribution in [-0.4, -0.2) is 48.8 Å². The largest absolute Gasteiger partial charge is 0.480 e. The number of nitrogens with one attached hydrogen (secondary N) is 1. The van der Waals surface area contributed by atoms with E-state index in [1.165, 1.54) is 28.6 Å². The van der Waals surface area contributed by atoms with E-state index in [0.717, 1.165) is 0 Å². The zero-order chi connectivity index (χ0) is 18.5. The molecule has 1 atom stereocenters. The topological polar surface area (TPSA) is 104 Å². The average molecular weight is 356 g/mol. The van der Waals surface area contributed by atoms with E-state index < -0.39 is 27.9 Å². The van der Waals surface area contributed by atoms with Crippen LogP contribution in [0.25, 0.3) is 0 Å². The number of carbonyl (C=O) groups excluding carboxylic acids is 1. The zero-order valence-corrected chi connectivity index (χ0v) is 15.1. The van der Waals surface area contributed by atoms with E-state index in [-0.39, 0.29) is 16.4 Å². The monoisotopic (exact) mass is 356 g/mol.